The number of benzene rings is 1. The molecule has 1 rings (SSSR count). The molecule has 0 saturated carbocycles. The second kappa shape index (κ2) is 6.76. The lowest BCUT2D eigenvalue weighted by atomic mass is 9.98. The molecule has 106 valence electrons. The van der Waals surface area contributed by atoms with Gasteiger partial charge in [-0.05, 0) is 44.2 Å². The monoisotopic (exact) mass is 261 g/mol. The smallest absolute Gasteiger partial charge is 0.126 e. The quantitative estimate of drug-likeness (QED) is 0.826. The van der Waals surface area contributed by atoms with E-state index in [0.29, 0.717) is 5.92 Å². The maximum Gasteiger partial charge on any atom is 0.126 e. The van der Waals surface area contributed by atoms with Gasteiger partial charge in [-0.25, -0.2) is 0 Å². The van der Waals surface area contributed by atoms with Gasteiger partial charge in [-0.3, -0.25) is 0 Å². The fourth-order valence-electron chi connectivity index (χ4n) is 1.89. The first kappa shape index (κ1) is 15.8. The van der Waals surface area contributed by atoms with Crippen molar-refractivity contribution in [1.82, 2.24) is 0 Å². The summed E-state index contributed by atoms with van der Waals surface area (Å²) < 4.78 is 5.46. The summed E-state index contributed by atoms with van der Waals surface area (Å²) in [5.74, 6) is 1.46. The highest BCUT2D eigenvalue weighted by molar-refractivity contribution is 5.58. The number of nitrogens with two attached hydrogens (primary N) is 1. The molecule has 0 atom stereocenters. The van der Waals surface area contributed by atoms with Crippen molar-refractivity contribution in [2.75, 3.05) is 7.11 Å². The van der Waals surface area contributed by atoms with E-state index in [0.717, 1.165) is 24.2 Å². The Labute approximate surface area is 117 Å². The van der Waals surface area contributed by atoms with Gasteiger partial charge >= 0.3 is 0 Å². The normalized spacial score (nSPS) is 12.4. The van der Waals surface area contributed by atoms with E-state index in [1.54, 1.807) is 7.11 Å². The van der Waals surface area contributed by atoms with Crippen molar-refractivity contribution in [2.45, 2.75) is 52.0 Å². The number of hydrogen-bond donors (Lipinski definition) is 1. The van der Waals surface area contributed by atoms with Crippen LogP contribution in [0.25, 0.3) is 6.08 Å². The van der Waals surface area contributed by atoms with Crippen molar-refractivity contribution in [3.63, 3.8) is 0 Å². The Morgan fingerprint density at radius 2 is 2.00 bits per heavy atom. The predicted octanol–water partition coefficient (Wildman–Crippen LogP) is 4.35. The lowest BCUT2D eigenvalue weighted by Gasteiger charge is -2.16. The molecule has 0 unspecified atom stereocenters. The maximum absolute atomic E-state index is 5.97. The van der Waals surface area contributed by atoms with Gasteiger partial charge in [0.2, 0.25) is 0 Å². The van der Waals surface area contributed by atoms with Crippen molar-refractivity contribution >= 4 is 6.08 Å². The molecule has 0 amide bonds. The number of rotatable bonds is 6. The van der Waals surface area contributed by atoms with Crippen LogP contribution in [0.4, 0.5) is 0 Å². The van der Waals surface area contributed by atoms with Crippen LogP contribution in [-0.2, 0) is 0 Å². The summed E-state index contributed by atoms with van der Waals surface area (Å²) in [6.45, 7) is 8.49. The Kier molecular flexibility index (Phi) is 5.61. The molecule has 2 nitrogen and oxygen atoms in total. The number of hydrogen-bond acceptors (Lipinski definition) is 2. The molecular weight excluding hydrogens is 234 g/mol. The minimum atomic E-state index is -0.101. The van der Waals surface area contributed by atoms with Crippen LogP contribution in [0.5, 0.6) is 5.75 Å². The number of methoxy groups -OCH3 is 1. The van der Waals surface area contributed by atoms with E-state index in [9.17, 15) is 0 Å². The van der Waals surface area contributed by atoms with Crippen molar-refractivity contribution in [3.8, 4) is 5.75 Å². The third kappa shape index (κ3) is 5.48. The van der Waals surface area contributed by atoms with Gasteiger partial charge in [0.05, 0.1) is 7.11 Å². The Hall–Kier alpha value is -1.28. The largest absolute Gasteiger partial charge is 0.496 e. The zero-order valence-electron chi connectivity index (χ0n) is 12.9. The number of allylic oxidation sites excluding steroid dienone is 1. The Balaban J connectivity index is 2.75. The molecule has 0 spiro atoms. The van der Waals surface area contributed by atoms with E-state index >= 15 is 0 Å². The average Bonchev–Trinajstić information content (AvgIpc) is 2.33. The lowest BCUT2D eigenvalue weighted by Crippen LogP contribution is -2.31. The summed E-state index contributed by atoms with van der Waals surface area (Å²) in [7, 11) is 1.72. The fraction of sp³-hybridized carbons (Fsp3) is 0.529. The van der Waals surface area contributed by atoms with Crippen LogP contribution >= 0.6 is 0 Å². The molecule has 0 heterocycles. The predicted molar refractivity (Wildman–Crippen MR) is 83.6 cm³/mol. The van der Waals surface area contributed by atoms with Crippen molar-refractivity contribution in [2.24, 2.45) is 5.73 Å². The molecule has 0 aliphatic carbocycles. The third-order valence-electron chi connectivity index (χ3n) is 3.18. The maximum atomic E-state index is 5.97. The minimum absolute atomic E-state index is 0.101. The molecule has 0 fully saturated rings. The van der Waals surface area contributed by atoms with Gasteiger partial charge in [0.25, 0.3) is 0 Å². The first-order chi connectivity index (χ1) is 8.83. The molecule has 0 radical (unpaired) electrons. The molecule has 0 aliphatic rings. The van der Waals surface area contributed by atoms with Crippen LogP contribution in [0, 0.1) is 0 Å². The molecular formula is C17H27NO. The van der Waals surface area contributed by atoms with Crippen LogP contribution in [0.1, 0.15) is 57.6 Å². The van der Waals surface area contributed by atoms with Crippen LogP contribution in [0.2, 0.25) is 0 Å². The SMILES string of the molecule is COc1cc(C(C)C)ccc1/C=C/CCC(C)(C)N. The number of ether oxygens (including phenoxy) is 1. The van der Waals surface area contributed by atoms with Gasteiger partial charge in [-0.15, -0.1) is 0 Å². The first-order valence-electron chi connectivity index (χ1n) is 6.97. The summed E-state index contributed by atoms with van der Waals surface area (Å²) in [6, 6.07) is 6.41. The molecule has 1 aromatic carbocycles. The minimum Gasteiger partial charge on any atom is -0.496 e. The highest BCUT2D eigenvalue weighted by Gasteiger charge is 2.08. The van der Waals surface area contributed by atoms with Gasteiger partial charge in [0.15, 0.2) is 0 Å². The summed E-state index contributed by atoms with van der Waals surface area (Å²) in [6.07, 6.45) is 6.25. The lowest BCUT2D eigenvalue weighted by molar-refractivity contribution is 0.413. The Morgan fingerprint density at radius 3 is 2.53 bits per heavy atom. The van der Waals surface area contributed by atoms with Crippen LogP contribution in [-0.4, -0.2) is 12.6 Å². The van der Waals surface area contributed by atoms with Crippen LogP contribution in [0.3, 0.4) is 0 Å². The van der Waals surface area contributed by atoms with E-state index < -0.39 is 0 Å². The highest BCUT2D eigenvalue weighted by Crippen LogP contribution is 2.26. The van der Waals surface area contributed by atoms with Gasteiger partial charge < -0.3 is 10.5 Å². The van der Waals surface area contributed by atoms with Crippen LogP contribution in [0.15, 0.2) is 24.3 Å². The second-order valence-electron chi connectivity index (χ2n) is 6.09. The van der Waals surface area contributed by atoms with Gasteiger partial charge in [0, 0.05) is 11.1 Å². The fourth-order valence-corrected chi connectivity index (χ4v) is 1.89. The summed E-state index contributed by atoms with van der Waals surface area (Å²) >= 11 is 0. The molecule has 2 heteroatoms. The molecule has 1 aromatic rings. The Morgan fingerprint density at radius 1 is 1.32 bits per heavy atom. The Bertz CT molecular complexity index is 427. The van der Waals surface area contributed by atoms with E-state index in [2.05, 4.69) is 58.0 Å². The van der Waals surface area contributed by atoms with Gasteiger partial charge in [-0.2, -0.15) is 0 Å². The van der Waals surface area contributed by atoms with E-state index in [1.807, 2.05) is 0 Å². The summed E-state index contributed by atoms with van der Waals surface area (Å²) in [4.78, 5) is 0. The van der Waals surface area contributed by atoms with E-state index in [1.165, 1.54) is 5.56 Å². The van der Waals surface area contributed by atoms with E-state index in [4.69, 9.17) is 10.5 Å². The van der Waals surface area contributed by atoms with Crippen molar-refractivity contribution < 1.29 is 4.74 Å². The molecule has 0 aromatic heterocycles. The topological polar surface area (TPSA) is 35.2 Å². The molecule has 0 saturated heterocycles. The second-order valence-corrected chi connectivity index (χ2v) is 6.09. The van der Waals surface area contributed by atoms with Crippen LogP contribution < -0.4 is 10.5 Å². The summed E-state index contributed by atoms with van der Waals surface area (Å²) in [5.41, 5.74) is 8.29. The molecule has 2 N–H and O–H groups in total. The van der Waals surface area contributed by atoms with E-state index in [-0.39, 0.29) is 5.54 Å². The molecule has 0 aliphatic heterocycles. The zero-order valence-corrected chi connectivity index (χ0v) is 12.9. The molecule has 19 heavy (non-hydrogen) atoms. The average molecular weight is 261 g/mol. The van der Waals surface area contributed by atoms with Gasteiger partial charge in [0.1, 0.15) is 5.75 Å². The first-order valence-corrected chi connectivity index (χ1v) is 6.97. The van der Waals surface area contributed by atoms with Crippen molar-refractivity contribution in [1.29, 1.82) is 0 Å². The molecule has 0 bridgehead atoms. The van der Waals surface area contributed by atoms with Gasteiger partial charge in [-0.1, -0.05) is 38.1 Å². The van der Waals surface area contributed by atoms with Crippen molar-refractivity contribution in [3.05, 3.63) is 35.4 Å². The zero-order chi connectivity index (χ0) is 14.5. The highest BCUT2D eigenvalue weighted by atomic mass is 16.5. The standard InChI is InChI=1S/C17H27NO/c1-13(2)15-10-9-14(16(12-15)19-5)8-6-7-11-17(3,4)18/h6,8-10,12-13H,7,11,18H2,1-5H3/b8-6+. The summed E-state index contributed by atoms with van der Waals surface area (Å²) in [5, 5.41) is 0. The third-order valence-corrected chi connectivity index (χ3v) is 3.18.